The van der Waals surface area contributed by atoms with Gasteiger partial charge >= 0.3 is 0 Å². The molecule has 0 aromatic heterocycles. The van der Waals surface area contributed by atoms with Crippen LogP contribution in [0.1, 0.15) is 19.8 Å². The lowest BCUT2D eigenvalue weighted by atomic mass is 10.1. The lowest BCUT2D eigenvalue weighted by molar-refractivity contribution is -0.121. The van der Waals surface area contributed by atoms with E-state index in [4.69, 9.17) is 16.3 Å². The van der Waals surface area contributed by atoms with E-state index in [2.05, 4.69) is 6.58 Å². The van der Waals surface area contributed by atoms with Gasteiger partial charge in [0.05, 0.1) is 12.7 Å². The average Bonchev–Trinajstić information content (AvgIpc) is 2.44. The molecule has 1 saturated carbocycles. The summed E-state index contributed by atoms with van der Waals surface area (Å²) < 4.78 is 5.53. The summed E-state index contributed by atoms with van der Waals surface area (Å²) >= 11 is 5.56. The minimum atomic E-state index is 0.0446. The van der Waals surface area contributed by atoms with E-state index in [0.29, 0.717) is 24.7 Å². The predicted octanol–water partition coefficient (Wildman–Crippen LogP) is 2.17. The molecule has 1 aliphatic carbocycles. The molecule has 0 amide bonds. The normalized spacial score (nSPS) is 28.0. The van der Waals surface area contributed by atoms with Gasteiger partial charge in [-0.1, -0.05) is 13.5 Å². The van der Waals surface area contributed by atoms with Crippen LogP contribution in [0, 0.1) is 5.92 Å². The van der Waals surface area contributed by atoms with Crippen LogP contribution in [-0.4, -0.2) is 24.4 Å². The topological polar surface area (TPSA) is 26.3 Å². The molecule has 0 radical (unpaired) electrons. The van der Waals surface area contributed by atoms with E-state index in [1.807, 2.05) is 6.92 Å². The van der Waals surface area contributed by atoms with E-state index in [1.54, 1.807) is 0 Å². The van der Waals surface area contributed by atoms with Crippen LogP contribution >= 0.6 is 11.6 Å². The molecule has 1 fully saturated rings. The highest BCUT2D eigenvalue weighted by Gasteiger charge is 2.31. The summed E-state index contributed by atoms with van der Waals surface area (Å²) in [5, 5.41) is 0. The zero-order chi connectivity index (χ0) is 9.84. The van der Waals surface area contributed by atoms with Crippen molar-refractivity contribution in [1.82, 2.24) is 0 Å². The molecule has 0 aliphatic heterocycles. The number of halogens is 1. The number of ketones is 1. The van der Waals surface area contributed by atoms with Crippen molar-refractivity contribution in [2.45, 2.75) is 25.9 Å². The second kappa shape index (κ2) is 4.77. The molecule has 1 aliphatic rings. The lowest BCUT2D eigenvalue weighted by Gasteiger charge is -2.15. The summed E-state index contributed by atoms with van der Waals surface area (Å²) in [4.78, 5) is 11.2. The summed E-state index contributed by atoms with van der Waals surface area (Å²) in [6.45, 7) is 6.13. The molecular formula is C10H15ClO2. The van der Waals surface area contributed by atoms with Gasteiger partial charge in [0.1, 0.15) is 5.78 Å². The molecule has 74 valence electrons. The first kappa shape index (κ1) is 10.7. The van der Waals surface area contributed by atoms with Crippen molar-refractivity contribution in [1.29, 1.82) is 0 Å². The van der Waals surface area contributed by atoms with E-state index in [9.17, 15) is 4.79 Å². The van der Waals surface area contributed by atoms with Crippen LogP contribution in [0.3, 0.4) is 0 Å². The lowest BCUT2D eigenvalue weighted by Crippen LogP contribution is -2.20. The second-order valence-corrected chi connectivity index (χ2v) is 3.79. The molecule has 0 saturated heterocycles. The van der Waals surface area contributed by atoms with Crippen molar-refractivity contribution in [3.05, 3.63) is 12.2 Å². The third-order valence-electron chi connectivity index (χ3n) is 2.43. The number of alkyl halides is 1. The van der Waals surface area contributed by atoms with Gasteiger partial charge in [0.2, 0.25) is 0 Å². The highest BCUT2D eigenvalue weighted by atomic mass is 35.5. The first-order valence-corrected chi connectivity index (χ1v) is 5.05. The van der Waals surface area contributed by atoms with Crippen LogP contribution in [-0.2, 0) is 9.53 Å². The Bertz CT molecular complexity index is 213. The SMILES string of the molecule is C=C(CCl)COC1CCC(=O)C1C. The maximum atomic E-state index is 11.2. The Balaban J connectivity index is 2.30. The third-order valence-corrected chi connectivity index (χ3v) is 2.81. The number of carbonyl (C=O) groups excluding carboxylic acids is 1. The fourth-order valence-corrected chi connectivity index (χ4v) is 1.54. The van der Waals surface area contributed by atoms with E-state index in [0.717, 1.165) is 12.0 Å². The van der Waals surface area contributed by atoms with Gasteiger partial charge in [0.15, 0.2) is 0 Å². The van der Waals surface area contributed by atoms with Gasteiger partial charge in [0, 0.05) is 18.2 Å². The van der Waals surface area contributed by atoms with Crippen LogP contribution in [0.15, 0.2) is 12.2 Å². The number of ether oxygens (including phenoxy) is 1. The molecule has 2 atom stereocenters. The quantitative estimate of drug-likeness (QED) is 0.516. The van der Waals surface area contributed by atoms with Crippen molar-refractivity contribution in [3.8, 4) is 0 Å². The second-order valence-electron chi connectivity index (χ2n) is 3.53. The van der Waals surface area contributed by atoms with Gasteiger partial charge in [-0.05, 0) is 12.0 Å². The molecule has 3 heteroatoms. The summed E-state index contributed by atoms with van der Waals surface area (Å²) in [5.74, 6) is 0.777. The van der Waals surface area contributed by atoms with Crippen LogP contribution < -0.4 is 0 Å². The molecule has 0 heterocycles. The van der Waals surface area contributed by atoms with Crippen molar-refractivity contribution in [2.75, 3.05) is 12.5 Å². The molecule has 1 rings (SSSR count). The zero-order valence-corrected chi connectivity index (χ0v) is 8.64. The Labute approximate surface area is 83.9 Å². The Morgan fingerprint density at radius 3 is 2.92 bits per heavy atom. The number of rotatable bonds is 4. The van der Waals surface area contributed by atoms with Crippen molar-refractivity contribution >= 4 is 17.4 Å². The van der Waals surface area contributed by atoms with Crippen LogP contribution in [0.2, 0.25) is 0 Å². The molecule has 13 heavy (non-hydrogen) atoms. The Hall–Kier alpha value is -0.340. The van der Waals surface area contributed by atoms with Crippen LogP contribution in [0.5, 0.6) is 0 Å². The maximum Gasteiger partial charge on any atom is 0.138 e. The Kier molecular flexibility index (Phi) is 3.94. The van der Waals surface area contributed by atoms with Crippen molar-refractivity contribution in [3.63, 3.8) is 0 Å². The fourth-order valence-electron chi connectivity index (χ4n) is 1.46. The molecule has 0 N–H and O–H groups in total. The molecule has 2 nitrogen and oxygen atoms in total. The standard InChI is InChI=1S/C10H15ClO2/c1-7(5-11)6-13-10-4-3-9(12)8(10)2/h8,10H,1,3-6H2,2H3. The van der Waals surface area contributed by atoms with E-state index < -0.39 is 0 Å². The minimum Gasteiger partial charge on any atom is -0.373 e. The summed E-state index contributed by atoms with van der Waals surface area (Å²) in [7, 11) is 0. The van der Waals surface area contributed by atoms with Crippen LogP contribution in [0.4, 0.5) is 0 Å². The number of hydrogen-bond acceptors (Lipinski definition) is 2. The zero-order valence-electron chi connectivity index (χ0n) is 7.88. The molecule has 0 spiro atoms. The number of hydrogen-bond donors (Lipinski definition) is 0. The first-order valence-electron chi connectivity index (χ1n) is 4.52. The smallest absolute Gasteiger partial charge is 0.138 e. The van der Waals surface area contributed by atoms with E-state index >= 15 is 0 Å². The van der Waals surface area contributed by atoms with Gasteiger partial charge < -0.3 is 4.74 Å². The van der Waals surface area contributed by atoms with Gasteiger partial charge in [0.25, 0.3) is 0 Å². The van der Waals surface area contributed by atoms with Crippen molar-refractivity contribution < 1.29 is 9.53 Å². The van der Waals surface area contributed by atoms with Crippen molar-refractivity contribution in [2.24, 2.45) is 5.92 Å². The van der Waals surface area contributed by atoms with E-state index in [1.165, 1.54) is 0 Å². The minimum absolute atomic E-state index is 0.0446. The highest BCUT2D eigenvalue weighted by Crippen LogP contribution is 2.24. The molecule has 0 bridgehead atoms. The van der Waals surface area contributed by atoms with Gasteiger partial charge in [-0.15, -0.1) is 11.6 Å². The summed E-state index contributed by atoms with van der Waals surface area (Å²) in [6, 6.07) is 0. The number of Topliss-reactive ketones (excluding diaryl/α,β-unsaturated/α-hetero) is 1. The maximum absolute atomic E-state index is 11.2. The number of carbonyl (C=O) groups is 1. The summed E-state index contributed by atoms with van der Waals surface area (Å²) in [6.07, 6.45) is 1.57. The molecule has 2 unspecified atom stereocenters. The Morgan fingerprint density at radius 2 is 2.46 bits per heavy atom. The molecule has 0 aromatic carbocycles. The Morgan fingerprint density at radius 1 is 1.77 bits per heavy atom. The monoisotopic (exact) mass is 202 g/mol. The fraction of sp³-hybridized carbons (Fsp3) is 0.700. The highest BCUT2D eigenvalue weighted by molar-refractivity contribution is 6.19. The molecule has 0 aromatic rings. The van der Waals surface area contributed by atoms with Gasteiger partial charge in [-0.25, -0.2) is 0 Å². The summed E-state index contributed by atoms with van der Waals surface area (Å²) in [5.41, 5.74) is 0.869. The largest absolute Gasteiger partial charge is 0.373 e. The van der Waals surface area contributed by atoms with E-state index in [-0.39, 0.29) is 12.0 Å². The average molecular weight is 203 g/mol. The van der Waals surface area contributed by atoms with Gasteiger partial charge in [-0.2, -0.15) is 0 Å². The predicted molar refractivity (Wildman–Crippen MR) is 53.0 cm³/mol. The van der Waals surface area contributed by atoms with Gasteiger partial charge in [-0.3, -0.25) is 4.79 Å². The first-order chi connectivity index (χ1) is 6.15. The molecular weight excluding hydrogens is 188 g/mol. The third kappa shape index (κ3) is 2.82. The van der Waals surface area contributed by atoms with Crippen LogP contribution in [0.25, 0.3) is 0 Å².